The third kappa shape index (κ3) is 10.7. The largest absolute Gasteiger partial charge is 0.480 e. The standard InChI is InChI=1S/C19H37N7O5S/c1-9(2)13(20)16(28)26-14(10(3)4)17(29)25-12(8-32)15(27)24-11(18(30)31)6-5-7-23-19(21)22/h9-14,32H,5-8,20H2,1-4H3,(H,24,27)(H,25,29)(H,26,28)(H,30,31)(H4,21,22,23). The Kier molecular flexibility index (Phi) is 13.4. The van der Waals surface area contributed by atoms with E-state index in [-0.39, 0.29) is 36.5 Å². The molecule has 3 amide bonds. The van der Waals surface area contributed by atoms with Crippen LogP contribution in [0.25, 0.3) is 0 Å². The molecule has 0 heterocycles. The second kappa shape index (κ2) is 14.5. The normalized spacial score (nSPS) is 14.8. The van der Waals surface area contributed by atoms with Crippen molar-refractivity contribution in [2.75, 3.05) is 12.3 Å². The molecule has 0 aromatic heterocycles. The molecule has 0 fully saturated rings. The lowest BCUT2D eigenvalue weighted by Crippen LogP contribution is -2.59. The molecule has 0 aromatic carbocycles. The first-order valence-electron chi connectivity index (χ1n) is 10.4. The van der Waals surface area contributed by atoms with E-state index in [1.165, 1.54) is 0 Å². The van der Waals surface area contributed by atoms with E-state index in [2.05, 4.69) is 33.6 Å². The van der Waals surface area contributed by atoms with Gasteiger partial charge in [0, 0.05) is 12.3 Å². The number of aliphatic carboxylic acids is 1. The van der Waals surface area contributed by atoms with Gasteiger partial charge in [0.1, 0.15) is 18.1 Å². The van der Waals surface area contributed by atoms with Gasteiger partial charge in [-0.25, -0.2) is 4.79 Å². The van der Waals surface area contributed by atoms with E-state index in [9.17, 15) is 24.3 Å². The lowest BCUT2D eigenvalue weighted by molar-refractivity contribution is -0.142. The first-order valence-corrected chi connectivity index (χ1v) is 11.0. The second-order valence-corrected chi connectivity index (χ2v) is 8.46. The number of rotatable bonds is 14. The Morgan fingerprint density at radius 2 is 1.47 bits per heavy atom. The van der Waals surface area contributed by atoms with Crippen molar-refractivity contribution in [3.8, 4) is 0 Å². The van der Waals surface area contributed by atoms with E-state index in [0.29, 0.717) is 6.42 Å². The van der Waals surface area contributed by atoms with E-state index < -0.39 is 47.9 Å². The molecule has 12 nitrogen and oxygen atoms in total. The van der Waals surface area contributed by atoms with Crippen LogP contribution < -0.4 is 33.2 Å². The fourth-order valence-corrected chi connectivity index (χ4v) is 2.83. The summed E-state index contributed by atoms with van der Waals surface area (Å²) in [7, 11) is 0. The van der Waals surface area contributed by atoms with Crippen LogP contribution >= 0.6 is 12.6 Å². The molecule has 0 spiro atoms. The molecule has 0 bridgehead atoms. The highest BCUT2D eigenvalue weighted by Gasteiger charge is 2.31. The summed E-state index contributed by atoms with van der Waals surface area (Å²) < 4.78 is 0. The SMILES string of the molecule is CC(C)C(N)C(=O)NC(C(=O)NC(CS)C(=O)NC(CCCN=C(N)N)C(=O)O)C(C)C. The van der Waals surface area contributed by atoms with E-state index >= 15 is 0 Å². The Labute approximate surface area is 193 Å². The number of amides is 3. The number of guanidine groups is 1. The monoisotopic (exact) mass is 475 g/mol. The zero-order chi connectivity index (χ0) is 25.0. The molecule has 0 aliphatic rings. The van der Waals surface area contributed by atoms with E-state index in [1.807, 2.05) is 0 Å². The average molecular weight is 476 g/mol. The second-order valence-electron chi connectivity index (χ2n) is 8.09. The number of hydrogen-bond donors (Lipinski definition) is 8. The van der Waals surface area contributed by atoms with Gasteiger partial charge >= 0.3 is 5.97 Å². The fraction of sp³-hybridized carbons (Fsp3) is 0.737. The lowest BCUT2D eigenvalue weighted by Gasteiger charge is -2.27. The summed E-state index contributed by atoms with van der Waals surface area (Å²) in [6.07, 6.45) is 0.410. The van der Waals surface area contributed by atoms with Gasteiger partial charge in [0.25, 0.3) is 0 Å². The van der Waals surface area contributed by atoms with Gasteiger partial charge in [-0.15, -0.1) is 0 Å². The summed E-state index contributed by atoms with van der Waals surface area (Å²) >= 11 is 4.09. The molecule has 0 aliphatic heterocycles. The molecule has 0 rings (SSSR count). The minimum absolute atomic E-state index is 0.0812. The maximum absolute atomic E-state index is 12.7. The molecular formula is C19H37N7O5S. The van der Waals surface area contributed by atoms with Crippen molar-refractivity contribution in [3.63, 3.8) is 0 Å². The molecular weight excluding hydrogens is 438 g/mol. The third-order valence-corrected chi connectivity index (χ3v) is 5.01. The zero-order valence-electron chi connectivity index (χ0n) is 19.0. The number of carbonyl (C=O) groups excluding carboxylic acids is 3. The summed E-state index contributed by atoms with van der Waals surface area (Å²) in [5.74, 6) is -3.63. The molecule has 0 saturated heterocycles. The van der Waals surface area contributed by atoms with Crippen LogP contribution in [0.15, 0.2) is 4.99 Å². The minimum Gasteiger partial charge on any atom is -0.480 e. The van der Waals surface area contributed by atoms with Crippen molar-refractivity contribution in [2.24, 2.45) is 34.0 Å². The number of thiol groups is 1. The van der Waals surface area contributed by atoms with Crippen molar-refractivity contribution >= 4 is 42.3 Å². The van der Waals surface area contributed by atoms with Crippen molar-refractivity contribution < 1.29 is 24.3 Å². The van der Waals surface area contributed by atoms with Crippen LogP contribution in [0.1, 0.15) is 40.5 Å². The van der Waals surface area contributed by atoms with E-state index in [1.54, 1.807) is 27.7 Å². The van der Waals surface area contributed by atoms with Crippen molar-refractivity contribution in [3.05, 3.63) is 0 Å². The molecule has 0 aromatic rings. The molecule has 13 heteroatoms. The number of nitrogens with zero attached hydrogens (tertiary/aromatic N) is 1. The maximum Gasteiger partial charge on any atom is 0.326 e. The van der Waals surface area contributed by atoms with Gasteiger partial charge in [-0.2, -0.15) is 12.6 Å². The average Bonchev–Trinajstić information content (AvgIpc) is 2.70. The molecule has 0 aliphatic carbocycles. The Balaban J connectivity index is 5.12. The van der Waals surface area contributed by atoms with Crippen LogP contribution in [0.5, 0.6) is 0 Å². The molecule has 32 heavy (non-hydrogen) atoms. The number of aliphatic imine (C=N–C) groups is 1. The van der Waals surface area contributed by atoms with Gasteiger partial charge in [-0.1, -0.05) is 27.7 Å². The number of hydrogen-bond acceptors (Lipinski definition) is 7. The number of carboxylic acid groups (broad SMARTS) is 1. The molecule has 10 N–H and O–H groups in total. The van der Waals surface area contributed by atoms with Crippen LogP contribution in [0, 0.1) is 11.8 Å². The van der Waals surface area contributed by atoms with Crippen molar-refractivity contribution in [2.45, 2.75) is 64.7 Å². The highest BCUT2D eigenvalue weighted by molar-refractivity contribution is 7.80. The van der Waals surface area contributed by atoms with Gasteiger partial charge in [0.15, 0.2) is 5.96 Å². The summed E-state index contributed by atoms with van der Waals surface area (Å²) in [5.41, 5.74) is 16.3. The van der Waals surface area contributed by atoms with E-state index in [0.717, 1.165) is 0 Å². The number of nitrogens with two attached hydrogens (primary N) is 3. The first kappa shape index (κ1) is 29.5. The smallest absolute Gasteiger partial charge is 0.326 e. The molecule has 184 valence electrons. The molecule has 0 saturated carbocycles. The summed E-state index contributed by atoms with van der Waals surface area (Å²) in [4.78, 5) is 52.8. The first-order chi connectivity index (χ1) is 14.8. The lowest BCUT2D eigenvalue weighted by atomic mass is 10.00. The van der Waals surface area contributed by atoms with Gasteiger partial charge in [-0.3, -0.25) is 19.4 Å². The Morgan fingerprint density at radius 3 is 1.91 bits per heavy atom. The van der Waals surface area contributed by atoms with Crippen molar-refractivity contribution in [1.29, 1.82) is 0 Å². The number of nitrogens with one attached hydrogen (secondary N) is 3. The minimum atomic E-state index is -1.23. The Morgan fingerprint density at radius 1 is 0.906 bits per heavy atom. The molecule has 4 atom stereocenters. The fourth-order valence-electron chi connectivity index (χ4n) is 2.58. The highest BCUT2D eigenvalue weighted by atomic mass is 32.1. The van der Waals surface area contributed by atoms with E-state index in [4.69, 9.17) is 17.2 Å². The van der Waals surface area contributed by atoms with Crippen LogP contribution in [0.4, 0.5) is 0 Å². The third-order valence-electron chi connectivity index (χ3n) is 4.64. The highest BCUT2D eigenvalue weighted by Crippen LogP contribution is 2.06. The van der Waals surface area contributed by atoms with Crippen LogP contribution in [0.2, 0.25) is 0 Å². The van der Waals surface area contributed by atoms with Gasteiger partial charge in [0.2, 0.25) is 17.7 Å². The molecule has 4 unspecified atom stereocenters. The predicted molar refractivity (Wildman–Crippen MR) is 125 cm³/mol. The summed E-state index contributed by atoms with van der Waals surface area (Å²) in [6, 6.07) is -4.02. The van der Waals surface area contributed by atoms with Crippen LogP contribution in [0.3, 0.4) is 0 Å². The summed E-state index contributed by atoms with van der Waals surface area (Å²) in [5, 5.41) is 16.9. The van der Waals surface area contributed by atoms with Crippen LogP contribution in [-0.4, -0.2) is 71.2 Å². The predicted octanol–water partition coefficient (Wildman–Crippen LogP) is -1.85. The topological polar surface area (TPSA) is 215 Å². The Hall–Kier alpha value is -2.54. The van der Waals surface area contributed by atoms with Crippen LogP contribution in [-0.2, 0) is 19.2 Å². The van der Waals surface area contributed by atoms with Gasteiger partial charge in [-0.05, 0) is 24.7 Å². The number of carboxylic acids is 1. The van der Waals surface area contributed by atoms with Gasteiger partial charge < -0.3 is 38.3 Å². The maximum atomic E-state index is 12.7. The van der Waals surface area contributed by atoms with Crippen molar-refractivity contribution in [1.82, 2.24) is 16.0 Å². The van der Waals surface area contributed by atoms with Gasteiger partial charge in [0.05, 0.1) is 6.04 Å². The zero-order valence-corrected chi connectivity index (χ0v) is 19.9. The number of carbonyl (C=O) groups is 4. The quantitative estimate of drug-likeness (QED) is 0.0616. The molecule has 0 radical (unpaired) electrons. The Bertz CT molecular complexity index is 683. The summed E-state index contributed by atoms with van der Waals surface area (Å²) in [6.45, 7) is 7.25.